The fraction of sp³-hybridized carbons (Fsp3) is 0.636. The van der Waals surface area contributed by atoms with E-state index in [1.807, 2.05) is 0 Å². The van der Waals surface area contributed by atoms with Gasteiger partial charge in [-0.2, -0.15) is 5.10 Å². The minimum Gasteiger partial charge on any atom is -0.481 e. The minimum absolute atomic E-state index is 0.0614. The zero-order chi connectivity index (χ0) is 13.8. The fourth-order valence-electron chi connectivity index (χ4n) is 1.42. The molecule has 7 nitrogen and oxygen atoms in total. The highest BCUT2D eigenvalue weighted by Gasteiger charge is 2.38. The molecule has 0 radical (unpaired) electrons. The van der Waals surface area contributed by atoms with Crippen LogP contribution < -0.4 is 5.32 Å². The van der Waals surface area contributed by atoms with E-state index >= 15 is 0 Å². The maximum absolute atomic E-state index is 11.7. The number of carbonyl (C=O) groups excluding carboxylic acids is 1. The number of aromatic nitrogens is 3. The summed E-state index contributed by atoms with van der Waals surface area (Å²) in [6.07, 6.45) is 1.28. The molecule has 1 aromatic rings. The third kappa shape index (κ3) is 3.28. The SMILES string of the molecule is CC(C)C(C)(CC(=O)NCc1ncn[nH]1)C(=O)O. The maximum Gasteiger partial charge on any atom is 0.310 e. The Morgan fingerprint density at radius 1 is 1.56 bits per heavy atom. The van der Waals surface area contributed by atoms with Gasteiger partial charge in [-0.1, -0.05) is 13.8 Å². The maximum atomic E-state index is 11.7. The largest absolute Gasteiger partial charge is 0.481 e. The topological polar surface area (TPSA) is 108 Å². The van der Waals surface area contributed by atoms with Crippen molar-refractivity contribution in [3.8, 4) is 0 Å². The van der Waals surface area contributed by atoms with Gasteiger partial charge in [-0.3, -0.25) is 14.7 Å². The molecule has 0 aromatic carbocycles. The zero-order valence-corrected chi connectivity index (χ0v) is 10.7. The van der Waals surface area contributed by atoms with E-state index in [1.54, 1.807) is 20.8 Å². The molecule has 1 aromatic heterocycles. The van der Waals surface area contributed by atoms with Crippen molar-refractivity contribution < 1.29 is 14.7 Å². The summed E-state index contributed by atoms with van der Waals surface area (Å²) < 4.78 is 0. The van der Waals surface area contributed by atoms with Gasteiger partial charge in [0.25, 0.3) is 0 Å². The van der Waals surface area contributed by atoms with E-state index in [0.717, 1.165) is 0 Å². The first kappa shape index (κ1) is 14.1. The van der Waals surface area contributed by atoms with Crippen molar-refractivity contribution in [2.45, 2.75) is 33.7 Å². The molecule has 1 heterocycles. The monoisotopic (exact) mass is 254 g/mol. The van der Waals surface area contributed by atoms with Gasteiger partial charge in [0.2, 0.25) is 5.91 Å². The number of carboxylic acids is 1. The Kier molecular flexibility index (Phi) is 4.41. The number of hydrogen-bond donors (Lipinski definition) is 3. The van der Waals surface area contributed by atoms with Crippen LogP contribution in [-0.4, -0.2) is 32.2 Å². The molecule has 1 atom stereocenters. The average molecular weight is 254 g/mol. The lowest BCUT2D eigenvalue weighted by Gasteiger charge is -2.28. The van der Waals surface area contributed by atoms with Gasteiger partial charge in [0, 0.05) is 6.42 Å². The van der Waals surface area contributed by atoms with Gasteiger partial charge in [0.1, 0.15) is 12.2 Å². The van der Waals surface area contributed by atoms with E-state index < -0.39 is 11.4 Å². The first-order valence-corrected chi connectivity index (χ1v) is 5.70. The van der Waals surface area contributed by atoms with Crippen LogP contribution in [0.1, 0.15) is 33.0 Å². The summed E-state index contributed by atoms with van der Waals surface area (Å²) in [5.74, 6) is -0.881. The lowest BCUT2D eigenvalue weighted by molar-refractivity contribution is -0.153. The predicted octanol–water partition coefficient (Wildman–Crippen LogP) is 0.558. The number of hydrogen-bond acceptors (Lipinski definition) is 4. The molecule has 18 heavy (non-hydrogen) atoms. The molecular weight excluding hydrogens is 236 g/mol. The molecular formula is C11H18N4O3. The van der Waals surface area contributed by atoms with E-state index in [-0.39, 0.29) is 24.8 Å². The number of nitrogens with one attached hydrogen (secondary N) is 2. The van der Waals surface area contributed by atoms with Crippen molar-refractivity contribution in [1.29, 1.82) is 0 Å². The number of nitrogens with zero attached hydrogens (tertiary/aromatic N) is 2. The number of carbonyl (C=O) groups is 2. The Morgan fingerprint density at radius 2 is 2.22 bits per heavy atom. The molecule has 1 rings (SSSR count). The molecule has 0 fully saturated rings. The smallest absolute Gasteiger partial charge is 0.310 e. The fourth-order valence-corrected chi connectivity index (χ4v) is 1.42. The van der Waals surface area contributed by atoms with Crippen molar-refractivity contribution in [3.63, 3.8) is 0 Å². The molecule has 0 aliphatic rings. The van der Waals surface area contributed by atoms with Crippen molar-refractivity contribution >= 4 is 11.9 Å². The molecule has 0 saturated carbocycles. The number of aromatic amines is 1. The van der Waals surface area contributed by atoms with Crippen LogP contribution in [0.15, 0.2) is 6.33 Å². The van der Waals surface area contributed by atoms with Crippen LogP contribution in [-0.2, 0) is 16.1 Å². The number of carboxylic acid groups (broad SMARTS) is 1. The highest BCUT2D eigenvalue weighted by molar-refractivity contribution is 5.84. The second-order valence-corrected chi connectivity index (χ2v) is 4.76. The number of H-pyrrole nitrogens is 1. The van der Waals surface area contributed by atoms with E-state index in [2.05, 4.69) is 20.5 Å². The molecule has 0 spiro atoms. The van der Waals surface area contributed by atoms with Crippen LogP contribution in [0, 0.1) is 11.3 Å². The predicted molar refractivity (Wildman–Crippen MR) is 63.4 cm³/mol. The molecule has 0 aliphatic heterocycles. The normalized spacial score (nSPS) is 14.2. The molecule has 1 amide bonds. The highest BCUT2D eigenvalue weighted by Crippen LogP contribution is 2.31. The standard InChI is InChI=1S/C11H18N4O3/c1-7(2)11(3,10(17)18)4-9(16)12-5-8-13-6-14-15-8/h6-7H,4-5H2,1-3H3,(H,12,16)(H,17,18)(H,13,14,15). The Bertz CT molecular complexity index is 416. The molecule has 0 bridgehead atoms. The van der Waals surface area contributed by atoms with Gasteiger partial charge in [0.05, 0.1) is 12.0 Å². The molecule has 100 valence electrons. The number of aliphatic carboxylic acids is 1. The summed E-state index contributed by atoms with van der Waals surface area (Å²) in [7, 11) is 0. The third-order valence-electron chi connectivity index (χ3n) is 3.21. The second kappa shape index (κ2) is 5.61. The van der Waals surface area contributed by atoms with Crippen molar-refractivity contribution in [2.75, 3.05) is 0 Å². The summed E-state index contributed by atoms with van der Waals surface area (Å²) in [6.45, 7) is 5.37. The van der Waals surface area contributed by atoms with Gasteiger partial charge in [0.15, 0.2) is 0 Å². The van der Waals surface area contributed by atoms with Crippen molar-refractivity contribution in [1.82, 2.24) is 20.5 Å². The van der Waals surface area contributed by atoms with E-state index in [4.69, 9.17) is 0 Å². The Hall–Kier alpha value is -1.92. The lowest BCUT2D eigenvalue weighted by Crippen LogP contribution is -2.39. The minimum atomic E-state index is -1.06. The van der Waals surface area contributed by atoms with E-state index in [1.165, 1.54) is 6.33 Å². The molecule has 0 aliphatic carbocycles. The lowest BCUT2D eigenvalue weighted by atomic mass is 9.76. The third-order valence-corrected chi connectivity index (χ3v) is 3.21. The molecule has 3 N–H and O–H groups in total. The van der Waals surface area contributed by atoms with E-state index in [9.17, 15) is 14.7 Å². The zero-order valence-electron chi connectivity index (χ0n) is 10.7. The molecule has 1 unspecified atom stereocenters. The first-order valence-electron chi connectivity index (χ1n) is 5.70. The number of amides is 1. The van der Waals surface area contributed by atoms with Crippen molar-refractivity contribution in [2.24, 2.45) is 11.3 Å². The first-order chi connectivity index (χ1) is 8.36. The summed E-state index contributed by atoms with van der Waals surface area (Å²) in [4.78, 5) is 26.8. The number of rotatable bonds is 6. The van der Waals surface area contributed by atoms with Crippen LogP contribution >= 0.6 is 0 Å². The van der Waals surface area contributed by atoms with Gasteiger partial charge in [-0.15, -0.1) is 0 Å². The highest BCUT2D eigenvalue weighted by atomic mass is 16.4. The van der Waals surface area contributed by atoms with Crippen LogP contribution in [0.5, 0.6) is 0 Å². The van der Waals surface area contributed by atoms with Crippen LogP contribution in [0.25, 0.3) is 0 Å². The van der Waals surface area contributed by atoms with E-state index in [0.29, 0.717) is 5.82 Å². The molecule has 7 heteroatoms. The quantitative estimate of drug-likeness (QED) is 0.687. The summed E-state index contributed by atoms with van der Waals surface area (Å²) in [6, 6.07) is 0. The Balaban J connectivity index is 2.55. The Morgan fingerprint density at radius 3 is 2.67 bits per heavy atom. The Labute approximate surface area is 105 Å². The van der Waals surface area contributed by atoms with Crippen molar-refractivity contribution in [3.05, 3.63) is 12.2 Å². The van der Waals surface area contributed by atoms with Gasteiger partial charge < -0.3 is 10.4 Å². The molecule has 0 saturated heterocycles. The van der Waals surface area contributed by atoms with Gasteiger partial charge >= 0.3 is 5.97 Å². The van der Waals surface area contributed by atoms with Crippen LogP contribution in [0.3, 0.4) is 0 Å². The van der Waals surface area contributed by atoms with Gasteiger partial charge in [-0.05, 0) is 12.8 Å². The van der Waals surface area contributed by atoms with Crippen LogP contribution in [0.4, 0.5) is 0 Å². The summed E-state index contributed by atoms with van der Waals surface area (Å²) in [5, 5.41) is 18.1. The average Bonchev–Trinajstić information content (AvgIpc) is 2.78. The summed E-state index contributed by atoms with van der Waals surface area (Å²) in [5.41, 5.74) is -1.06. The second-order valence-electron chi connectivity index (χ2n) is 4.76. The van der Waals surface area contributed by atoms with Crippen LogP contribution in [0.2, 0.25) is 0 Å². The van der Waals surface area contributed by atoms with Gasteiger partial charge in [-0.25, -0.2) is 4.98 Å². The summed E-state index contributed by atoms with van der Waals surface area (Å²) >= 11 is 0.